The van der Waals surface area contributed by atoms with Gasteiger partial charge in [0.05, 0.1) is 19.2 Å². The number of aliphatic hydroxyl groups excluding tert-OH is 1. The van der Waals surface area contributed by atoms with E-state index in [-0.39, 0.29) is 43.4 Å². The highest BCUT2D eigenvalue weighted by Gasteiger charge is 2.30. The highest BCUT2D eigenvalue weighted by molar-refractivity contribution is 5.86. The van der Waals surface area contributed by atoms with Gasteiger partial charge in [-0.3, -0.25) is 9.59 Å². The molecule has 2 rings (SSSR count). The highest BCUT2D eigenvalue weighted by Crippen LogP contribution is 2.27. The number of carbonyl (C=O) groups excluding carboxylic acids is 2. The fraction of sp³-hybridized carbons (Fsp3) is 0.500. The molecule has 128 valence electrons. The van der Waals surface area contributed by atoms with Crippen molar-refractivity contribution in [2.24, 2.45) is 5.73 Å². The molecule has 1 aliphatic rings. The molecule has 1 aromatic carbocycles. The Morgan fingerprint density at radius 1 is 1.35 bits per heavy atom. The van der Waals surface area contributed by atoms with E-state index in [2.05, 4.69) is 5.32 Å². The number of nitrogens with two attached hydrogens (primary N) is 1. The zero-order valence-electron chi connectivity index (χ0n) is 13.0. The summed E-state index contributed by atoms with van der Waals surface area (Å²) in [4.78, 5) is 25.1. The number of nitrogens with zero attached hydrogens (tertiary/aromatic N) is 1. The SMILES string of the molecule is Cl.NCC(=O)NCC(=O)N1CCCC1CC(O)c1ccccc1. The molecule has 1 heterocycles. The summed E-state index contributed by atoms with van der Waals surface area (Å²) in [6.07, 6.45) is 1.72. The Bertz CT molecular complexity index is 513. The van der Waals surface area contributed by atoms with Crippen molar-refractivity contribution in [2.45, 2.75) is 31.4 Å². The van der Waals surface area contributed by atoms with Gasteiger partial charge in [-0.15, -0.1) is 12.4 Å². The molecule has 0 radical (unpaired) electrons. The van der Waals surface area contributed by atoms with E-state index in [1.807, 2.05) is 30.3 Å². The molecule has 1 aliphatic heterocycles. The lowest BCUT2D eigenvalue weighted by atomic mass is 10.0. The minimum atomic E-state index is -0.585. The van der Waals surface area contributed by atoms with Crippen LogP contribution in [-0.2, 0) is 9.59 Å². The number of rotatable bonds is 6. The zero-order valence-corrected chi connectivity index (χ0v) is 13.8. The third-order valence-electron chi connectivity index (χ3n) is 4.00. The second kappa shape index (κ2) is 9.50. The van der Waals surface area contributed by atoms with Gasteiger partial charge < -0.3 is 21.1 Å². The van der Waals surface area contributed by atoms with Crippen molar-refractivity contribution in [1.82, 2.24) is 10.2 Å². The van der Waals surface area contributed by atoms with Gasteiger partial charge in [0.25, 0.3) is 0 Å². The van der Waals surface area contributed by atoms with Gasteiger partial charge in [0.15, 0.2) is 0 Å². The molecule has 1 saturated heterocycles. The van der Waals surface area contributed by atoms with E-state index in [1.54, 1.807) is 4.90 Å². The molecule has 0 aliphatic carbocycles. The molecule has 7 heteroatoms. The number of carbonyl (C=O) groups is 2. The van der Waals surface area contributed by atoms with Gasteiger partial charge in [-0.05, 0) is 24.8 Å². The van der Waals surface area contributed by atoms with E-state index in [4.69, 9.17) is 5.73 Å². The van der Waals surface area contributed by atoms with E-state index >= 15 is 0 Å². The Labute approximate surface area is 142 Å². The van der Waals surface area contributed by atoms with E-state index < -0.39 is 6.10 Å². The summed E-state index contributed by atoms with van der Waals surface area (Å²) in [7, 11) is 0. The van der Waals surface area contributed by atoms with Crippen molar-refractivity contribution < 1.29 is 14.7 Å². The number of amides is 2. The zero-order chi connectivity index (χ0) is 15.9. The van der Waals surface area contributed by atoms with Crippen molar-refractivity contribution in [3.63, 3.8) is 0 Å². The normalized spacial score (nSPS) is 18.2. The standard InChI is InChI=1S/C16H23N3O3.ClH/c17-10-15(21)18-11-16(22)19-8-4-7-13(19)9-14(20)12-5-2-1-3-6-12;/h1-3,5-6,13-14,20H,4,7-11,17H2,(H,18,21);1H. The molecule has 2 atom stereocenters. The minimum absolute atomic E-state index is 0. The number of hydrogen-bond donors (Lipinski definition) is 3. The van der Waals surface area contributed by atoms with Crippen LogP contribution >= 0.6 is 12.4 Å². The molecular formula is C16H24ClN3O3. The molecule has 2 unspecified atom stereocenters. The first-order valence-corrected chi connectivity index (χ1v) is 7.61. The van der Waals surface area contributed by atoms with Crippen LogP contribution < -0.4 is 11.1 Å². The average Bonchev–Trinajstić information content (AvgIpc) is 3.01. The van der Waals surface area contributed by atoms with Crippen molar-refractivity contribution in [3.05, 3.63) is 35.9 Å². The summed E-state index contributed by atoms with van der Waals surface area (Å²) in [6.45, 7) is 0.515. The minimum Gasteiger partial charge on any atom is -0.388 e. The Morgan fingerprint density at radius 3 is 2.70 bits per heavy atom. The molecule has 1 fully saturated rings. The summed E-state index contributed by atoms with van der Waals surface area (Å²) >= 11 is 0. The third-order valence-corrected chi connectivity index (χ3v) is 4.00. The Hall–Kier alpha value is -1.63. The Balaban J connectivity index is 0.00000264. The van der Waals surface area contributed by atoms with Gasteiger partial charge in [-0.25, -0.2) is 0 Å². The highest BCUT2D eigenvalue weighted by atomic mass is 35.5. The van der Waals surface area contributed by atoms with Crippen LogP contribution in [0.3, 0.4) is 0 Å². The molecule has 0 spiro atoms. The molecule has 23 heavy (non-hydrogen) atoms. The van der Waals surface area contributed by atoms with Gasteiger partial charge in [0.2, 0.25) is 11.8 Å². The molecule has 2 amide bonds. The summed E-state index contributed by atoms with van der Waals surface area (Å²) in [6, 6.07) is 9.46. The summed E-state index contributed by atoms with van der Waals surface area (Å²) in [5.41, 5.74) is 6.06. The lowest BCUT2D eigenvalue weighted by molar-refractivity contribution is -0.133. The molecule has 1 aromatic rings. The van der Waals surface area contributed by atoms with Crippen molar-refractivity contribution in [1.29, 1.82) is 0 Å². The van der Waals surface area contributed by atoms with Crippen molar-refractivity contribution >= 4 is 24.2 Å². The smallest absolute Gasteiger partial charge is 0.242 e. The summed E-state index contributed by atoms with van der Waals surface area (Å²) in [5.74, 6) is -0.460. The van der Waals surface area contributed by atoms with Crippen LogP contribution in [0.4, 0.5) is 0 Å². The Kier molecular flexibility index (Phi) is 8.02. The maximum absolute atomic E-state index is 12.2. The largest absolute Gasteiger partial charge is 0.388 e. The number of benzene rings is 1. The first-order chi connectivity index (χ1) is 10.6. The number of halogens is 1. The van der Waals surface area contributed by atoms with Gasteiger partial charge in [-0.1, -0.05) is 30.3 Å². The van der Waals surface area contributed by atoms with E-state index in [1.165, 1.54) is 0 Å². The predicted octanol–water partition coefficient (Wildman–Crippen LogP) is 0.598. The van der Waals surface area contributed by atoms with Crippen molar-refractivity contribution in [3.8, 4) is 0 Å². The molecule has 0 aromatic heterocycles. The first kappa shape index (κ1) is 19.4. The number of likely N-dealkylation sites (tertiary alicyclic amines) is 1. The van der Waals surface area contributed by atoms with E-state index in [0.29, 0.717) is 13.0 Å². The van der Waals surface area contributed by atoms with Crippen LogP contribution in [0, 0.1) is 0 Å². The predicted molar refractivity (Wildman–Crippen MR) is 90.1 cm³/mol. The van der Waals surface area contributed by atoms with E-state index in [0.717, 1.165) is 18.4 Å². The van der Waals surface area contributed by atoms with Gasteiger partial charge in [-0.2, -0.15) is 0 Å². The molecule has 0 bridgehead atoms. The molecule has 0 saturated carbocycles. The second-order valence-corrected chi connectivity index (χ2v) is 5.53. The fourth-order valence-corrected chi connectivity index (χ4v) is 2.83. The number of hydrogen-bond acceptors (Lipinski definition) is 4. The molecule has 6 nitrogen and oxygen atoms in total. The number of aliphatic hydroxyl groups is 1. The first-order valence-electron chi connectivity index (χ1n) is 7.61. The summed E-state index contributed by atoms with van der Waals surface area (Å²) < 4.78 is 0. The lowest BCUT2D eigenvalue weighted by Crippen LogP contribution is -2.44. The topological polar surface area (TPSA) is 95.7 Å². The quantitative estimate of drug-likeness (QED) is 0.706. The molecular weight excluding hydrogens is 318 g/mol. The average molecular weight is 342 g/mol. The van der Waals surface area contributed by atoms with Gasteiger partial charge in [0.1, 0.15) is 0 Å². The summed E-state index contributed by atoms with van der Waals surface area (Å²) in [5, 5.41) is 12.8. The van der Waals surface area contributed by atoms with Crippen LogP contribution in [0.15, 0.2) is 30.3 Å². The lowest BCUT2D eigenvalue weighted by Gasteiger charge is -2.27. The Morgan fingerprint density at radius 2 is 2.04 bits per heavy atom. The van der Waals surface area contributed by atoms with Crippen LogP contribution in [0.25, 0.3) is 0 Å². The van der Waals surface area contributed by atoms with Crippen LogP contribution in [0.2, 0.25) is 0 Å². The van der Waals surface area contributed by atoms with Gasteiger partial charge >= 0.3 is 0 Å². The van der Waals surface area contributed by atoms with Crippen LogP contribution in [-0.4, -0.2) is 47.5 Å². The third kappa shape index (κ3) is 5.49. The van der Waals surface area contributed by atoms with Crippen molar-refractivity contribution in [2.75, 3.05) is 19.6 Å². The number of nitrogens with one attached hydrogen (secondary N) is 1. The monoisotopic (exact) mass is 341 g/mol. The maximum Gasteiger partial charge on any atom is 0.242 e. The second-order valence-electron chi connectivity index (χ2n) is 5.53. The van der Waals surface area contributed by atoms with Crippen LogP contribution in [0.1, 0.15) is 30.9 Å². The van der Waals surface area contributed by atoms with Crippen LogP contribution in [0.5, 0.6) is 0 Å². The maximum atomic E-state index is 12.2. The van der Waals surface area contributed by atoms with E-state index in [9.17, 15) is 14.7 Å². The molecule has 4 N–H and O–H groups in total. The van der Waals surface area contributed by atoms with Gasteiger partial charge in [0, 0.05) is 12.6 Å². The fourth-order valence-electron chi connectivity index (χ4n) is 2.83.